The Balaban J connectivity index is 1.79. The van der Waals surface area contributed by atoms with Gasteiger partial charge in [-0.15, -0.1) is 0 Å². The molecule has 7 nitrogen and oxygen atoms in total. The minimum Gasteiger partial charge on any atom is -0.480 e. The third kappa shape index (κ3) is 5.79. The van der Waals surface area contributed by atoms with E-state index in [9.17, 15) is 19.5 Å². The van der Waals surface area contributed by atoms with E-state index < -0.39 is 24.1 Å². The Hall–Kier alpha value is -3.19. The summed E-state index contributed by atoms with van der Waals surface area (Å²) in [4.78, 5) is 41.4. The smallest absolute Gasteiger partial charge is 0.326 e. The topological polar surface area (TPSA) is 87.2 Å². The van der Waals surface area contributed by atoms with Crippen LogP contribution in [0.3, 0.4) is 0 Å². The number of hydrogen-bond acceptors (Lipinski definition) is 5. The SMILES string of the molecule is CCOC(=O)C(CCc1ccccc1)N(C)C(C)C(=O)N1Cc2ccccc2CC1C(=O)O. The molecule has 3 rings (SSSR count). The van der Waals surface area contributed by atoms with E-state index in [1.54, 1.807) is 25.8 Å². The van der Waals surface area contributed by atoms with Gasteiger partial charge in [0.25, 0.3) is 0 Å². The number of fused-ring (bicyclic) bond motifs is 1. The van der Waals surface area contributed by atoms with E-state index in [0.29, 0.717) is 12.8 Å². The van der Waals surface area contributed by atoms with Crippen LogP contribution in [0.4, 0.5) is 0 Å². The number of carboxylic acids is 1. The van der Waals surface area contributed by atoms with Crippen LogP contribution in [0.2, 0.25) is 0 Å². The Morgan fingerprint density at radius 3 is 2.36 bits per heavy atom. The van der Waals surface area contributed by atoms with Crippen molar-refractivity contribution in [3.8, 4) is 0 Å². The van der Waals surface area contributed by atoms with Crippen LogP contribution in [0.15, 0.2) is 54.6 Å². The Bertz CT molecular complexity index is 978. The molecule has 0 saturated carbocycles. The molecule has 176 valence electrons. The molecule has 0 aromatic heterocycles. The van der Waals surface area contributed by atoms with E-state index in [1.807, 2.05) is 54.6 Å². The van der Waals surface area contributed by atoms with Crippen LogP contribution in [0, 0.1) is 0 Å². The Kier molecular flexibility index (Phi) is 8.22. The van der Waals surface area contributed by atoms with Crippen LogP contribution >= 0.6 is 0 Å². The maximum Gasteiger partial charge on any atom is 0.326 e. The Labute approximate surface area is 195 Å². The number of aliphatic carboxylic acids is 1. The number of carbonyl (C=O) groups excluding carboxylic acids is 2. The van der Waals surface area contributed by atoms with Gasteiger partial charge in [-0.25, -0.2) is 4.79 Å². The third-order valence-corrected chi connectivity index (χ3v) is 6.38. The molecule has 1 heterocycles. The lowest BCUT2D eigenvalue weighted by molar-refractivity contribution is -0.157. The summed E-state index contributed by atoms with van der Waals surface area (Å²) in [6.07, 6.45) is 1.41. The van der Waals surface area contributed by atoms with Crippen molar-refractivity contribution in [2.45, 2.75) is 57.8 Å². The summed E-state index contributed by atoms with van der Waals surface area (Å²) < 4.78 is 5.30. The van der Waals surface area contributed by atoms with Crippen LogP contribution < -0.4 is 0 Å². The van der Waals surface area contributed by atoms with Gasteiger partial charge in [-0.05, 0) is 50.4 Å². The van der Waals surface area contributed by atoms with Crippen LogP contribution in [-0.2, 0) is 38.5 Å². The molecule has 7 heteroatoms. The number of carbonyl (C=O) groups is 3. The quantitative estimate of drug-likeness (QED) is 0.589. The molecule has 3 unspecified atom stereocenters. The van der Waals surface area contributed by atoms with E-state index in [0.717, 1.165) is 16.7 Å². The summed E-state index contributed by atoms with van der Waals surface area (Å²) in [5, 5.41) is 9.80. The first-order chi connectivity index (χ1) is 15.8. The second-order valence-corrected chi connectivity index (χ2v) is 8.43. The minimum absolute atomic E-state index is 0.234. The van der Waals surface area contributed by atoms with Crippen molar-refractivity contribution < 1.29 is 24.2 Å². The molecule has 1 aliphatic rings. The molecule has 1 amide bonds. The number of amides is 1. The van der Waals surface area contributed by atoms with E-state index in [-0.39, 0.29) is 31.4 Å². The first kappa shape index (κ1) is 24.5. The number of esters is 1. The summed E-state index contributed by atoms with van der Waals surface area (Å²) in [5.41, 5.74) is 2.99. The predicted octanol–water partition coefficient (Wildman–Crippen LogP) is 2.91. The second kappa shape index (κ2) is 11.1. The van der Waals surface area contributed by atoms with Gasteiger partial charge in [-0.1, -0.05) is 54.6 Å². The number of aryl methyl sites for hydroxylation is 1. The molecule has 3 atom stereocenters. The van der Waals surface area contributed by atoms with E-state index in [4.69, 9.17) is 4.74 Å². The van der Waals surface area contributed by atoms with Crippen molar-refractivity contribution in [1.29, 1.82) is 0 Å². The van der Waals surface area contributed by atoms with Gasteiger partial charge in [-0.2, -0.15) is 0 Å². The molecule has 2 aromatic carbocycles. The highest BCUT2D eigenvalue weighted by atomic mass is 16.5. The average molecular weight is 453 g/mol. The molecular weight excluding hydrogens is 420 g/mol. The van der Waals surface area contributed by atoms with Gasteiger partial charge in [0.15, 0.2) is 0 Å². The standard InChI is InChI=1S/C26H32N2O5/c1-4-33-26(32)22(15-14-19-10-6-5-7-11-19)27(3)18(2)24(29)28-17-21-13-9-8-12-20(21)16-23(28)25(30)31/h5-13,18,22-23H,4,14-17H2,1-3H3,(H,30,31). The number of hydrogen-bond donors (Lipinski definition) is 1. The predicted molar refractivity (Wildman–Crippen MR) is 125 cm³/mol. The zero-order valence-corrected chi connectivity index (χ0v) is 19.4. The van der Waals surface area contributed by atoms with Gasteiger partial charge in [0.2, 0.25) is 5.91 Å². The third-order valence-electron chi connectivity index (χ3n) is 6.38. The first-order valence-corrected chi connectivity index (χ1v) is 11.4. The summed E-state index contributed by atoms with van der Waals surface area (Å²) >= 11 is 0. The lowest BCUT2D eigenvalue weighted by Crippen LogP contribution is -2.56. The molecule has 33 heavy (non-hydrogen) atoms. The average Bonchev–Trinajstić information content (AvgIpc) is 2.83. The fourth-order valence-corrected chi connectivity index (χ4v) is 4.33. The Morgan fingerprint density at radius 1 is 1.09 bits per heavy atom. The van der Waals surface area contributed by atoms with Gasteiger partial charge >= 0.3 is 11.9 Å². The van der Waals surface area contributed by atoms with Crippen LogP contribution in [0.5, 0.6) is 0 Å². The highest BCUT2D eigenvalue weighted by molar-refractivity contribution is 5.88. The molecule has 1 N–H and O–H groups in total. The highest BCUT2D eigenvalue weighted by Crippen LogP contribution is 2.25. The molecule has 0 saturated heterocycles. The van der Waals surface area contributed by atoms with Crippen molar-refractivity contribution in [3.05, 3.63) is 71.3 Å². The number of ether oxygens (including phenoxy) is 1. The largest absolute Gasteiger partial charge is 0.480 e. The number of rotatable bonds is 9. The number of likely N-dealkylation sites (N-methyl/N-ethyl adjacent to an activating group) is 1. The molecule has 0 fully saturated rings. The van der Waals surface area contributed by atoms with E-state index in [2.05, 4.69) is 0 Å². The monoisotopic (exact) mass is 452 g/mol. The molecule has 0 radical (unpaired) electrons. The van der Waals surface area contributed by atoms with Crippen LogP contribution in [0.1, 0.15) is 37.0 Å². The minimum atomic E-state index is -1.03. The van der Waals surface area contributed by atoms with Crippen LogP contribution in [-0.4, -0.2) is 64.5 Å². The second-order valence-electron chi connectivity index (χ2n) is 8.43. The lowest BCUT2D eigenvalue weighted by Gasteiger charge is -2.39. The fraction of sp³-hybridized carbons (Fsp3) is 0.423. The van der Waals surface area contributed by atoms with Crippen molar-refractivity contribution in [3.63, 3.8) is 0 Å². The zero-order chi connectivity index (χ0) is 24.0. The van der Waals surface area contributed by atoms with Gasteiger partial charge in [0, 0.05) is 13.0 Å². The maximum atomic E-state index is 13.5. The number of nitrogens with zero attached hydrogens (tertiary/aromatic N) is 2. The molecule has 2 aromatic rings. The Morgan fingerprint density at radius 2 is 1.73 bits per heavy atom. The summed E-state index contributed by atoms with van der Waals surface area (Å²) in [7, 11) is 1.73. The molecule has 1 aliphatic heterocycles. The van der Waals surface area contributed by atoms with Crippen LogP contribution in [0.25, 0.3) is 0 Å². The number of benzene rings is 2. The van der Waals surface area contributed by atoms with Gasteiger partial charge in [-0.3, -0.25) is 14.5 Å². The van der Waals surface area contributed by atoms with Gasteiger partial charge < -0.3 is 14.7 Å². The first-order valence-electron chi connectivity index (χ1n) is 11.4. The van der Waals surface area contributed by atoms with E-state index >= 15 is 0 Å². The summed E-state index contributed by atoms with van der Waals surface area (Å²) in [6, 6.07) is 15.2. The number of carboxylic acid groups (broad SMARTS) is 1. The summed E-state index contributed by atoms with van der Waals surface area (Å²) in [6.45, 7) is 3.96. The van der Waals surface area contributed by atoms with Crippen molar-refractivity contribution in [1.82, 2.24) is 9.80 Å². The lowest BCUT2D eigenvalue weighted by atomic mass is 9.93. The maximum absolute atomic E-state index is 13.5. The molecular formula is C26H32N2O5. The zero-order valence-electron chi connectivity index (χ0n) is 19.4. The van der Waals surface area contributed by atoms with Crippen molar-refractivity contribution in [2.75, 3.05) is 13.7 Å². The van der Waals surface area contributed by atoms with Crippen molar-refractivity contribution >= 4 is 17.8 Å². The van der Waals surface area contributed by atoms with Gasteiger partial charge in [0.1, 0.15) is 12.1 Å². The highest BCUT2D eigenvalue weighted by Gasteiger charge is 2.39. The molecule has 0 bridgehead atoms. The fourth-order valence-electron chi connectivity index (χ4n) is 4.33. The van der Waals surface area contributed by atoms with Crippen molar-refractivity contribution in [2.24, 2.45) is 0 Å². The van der Waals surface area contributed by atoms with Gasteiger partial charge in [0.05, 0.1) is 12.6 Å². The molecule has 0 aliphatic carbocycles. The normalized spacial score (nSPS) is 17.2. The van der Waals surface area contributed by atoms with E-state index in [1.165, 1.54) is 4.90 Å². The molecule has 0 spiro atoms. The summed E-state index contributed by atoms with van der Waals surface area (Å²) in [5.74, 6) is -1.72.